The topological polar surface area (TPSA) is 88.5 Å². The van der Waals surface area contributed by atoms with E-state index in [9.17, 15) is 4.79 Å². The van der Waals surface area contributed by atoms with Crippen LogP contribution in [0.3, 0.4) is 0 Å². The Morgan fingerprint density at radius 2 is 1.87 bits per heavy atom. The maximum atomic E-state index is 12.8. The first-order chi connectivity index (χ1) is 15.2. The highest BCUT2D eigenvalue weighted by molar-refractivity contribution is 9.10. The third-order valence-electron chi connectivity index (χ3n) is 5.09. The zero-order valence-electron chi connectivity index (χ0n) is 16.4. The summed E-state index contributed by atoms with van der Waals surface area (Å²) in [5, 5.41) is 10.1. The molecule has 3 aromatic heterocycles. The number of nitrogens with zero attached hydrogens (tertiary/aromatic N) is 5. The highest BCUT2D eigenvalue weighted by Gasteiger charge is 2.26. The van der Waals surface area contributed by atoms with Crippen molar-refractivity contribution in [3.8, 4) is 22.0 Å². The van der Waals surface area contributed by atoms with Crippen LogP contribution in [0.2, 0.25) is 0 Å². The predicted octanol–water partition coefficient (Wildman–Crippen LogP) is 4.17. The minimum atomic E-state index is -0.145. The van der Waals surface area contributed by atoms with E-state index in [2.05, 4.69) is 36.1 Å². The van der Waals surface area contributed by atoms with E-state index in [1.807, 2.05) is 41.8 Å². The molecule has 0 radical (unpaired) electrons. The Balaban J connectivity index is 1.17. The molecule has 8 nitrogen and oxygen atoms in total. The average molecular weight is 500 g/mol. The standard InChI is InChI=1S/C21H18BrN5O3S/c22-15-5-3-14(4-6-15)16-12-17(29-24-16)21(28)27-9-7-26(8-10-27)13-19-23-20(25-30-19)18-2-1-11-31-18/h1-6,11-12H,7-10,13H2. The van der Waals surface area contributed by atoms with Crippen LogP contribution in [0.1, 0.15) is 16.4 Å². The lowest BCUT2D eigenvalue weighted by Gasteiger charge is -2.33. The number of thiophene rings is 1. The van der Waals surface area contributed by atoms with Crippen LogP contribution in [0.4, 0.5) is 0 Å². The smallest absolute Gasteiger partial charge is 0.292 e. The number of carbonyl (C=O) groups is 1. The average Bonchev–Trinajstić information content (AvgIpc) is 3.56. The van der Waals surface area contributed by atoms with Gasteiger partial charge in [-0.05, 0) is 23.6 Å². The summed E-state index contributed by atoms with van der Waals surface area (Å²) in [5.74, 6) is 1.31. The number of piperazine rings is 1. The lowest BCUT2D eigenvalue weighted by molar-refractivity contribution is 0.0576. The maximum absolute atomic E-state index is 12.8. The van der Waals surface area contributed by atoms with Crippen molar-refractivity contribution in [3.63, 3.8) is 0 Å². The first-order valence-corrected chi connectivity index (χ1v) is 11.4. The molecule has 0 atom stereocenters. The molecule has 0 spiro atoms. The summed E-state index contributed by atoms with van der Waals surface area (Å²) in [7, 11) is 0. The first kappa shape index (κ1) is 20.1. The van der Waals surface area contributed by atoms with Crippen LogP contribution < -0.4 is 0 Å². The Bertz CT molecular complexity index is 1160. The molecule has 0 N–H and O–H groups in total. The van der Waals surface area contributed by atoms with Gasteiger partial charge >= 0.3 is 0 Å². The Morgan fingerprint density at radius 1 is 1.06 bits per heavy atom. The van der Waals surface area contributed by atoms with Gasteiger partial charge in [0.1, 0.15) is 5.69 Å². The Morgan fingerprint density at radius 3 is 2.61 bits per heavy atom. The number of rotatable bonds is 5. The summed E-state index contributed by atoms with van der Waals surface area (Å²) in [5.41, 5.74) is 1.55. The molecule has 31 heavy (non-hydrogen) atoms. The zero-order chi connectivity index (χ0) is 21.2. The van der Waals surface area contributed by atoms with Crippen LogP contribution in [0.5, 0.6) is 0 Å². The van der Waals surface area contributed by atoms with Crippen molar-refractivity contribution in [2.75, 3.05) is 26.2 Å². The molecule has 0 bridgehead atoms. The lowest BCUT2D eigenvalue weighted by atomic mass is 10.1. The fourth-order valence-corrected chi connectivity index (χ4v) is 4.33. The van der Waals surface area contributed by atoms with E-state index >= 15 is 0 Å². The number of halogens is 1. The summed E-state index contributed by atoms with van der Waals surface area (Å²) in [6.07, 6.45) is 0. The summed E-state index contributed by atoms with van der Waals surface area (Å²) in [6, 6.07) is 13.3. The van der Waals surface area contributed by atoms with Gasteiger partial charge in [-0.25, -0.2) is 0 Å². The van der Waals surface area contributed by atoms with Gasteiger partial charge in [0.25, 0.3) is 5.91 Å². The van der Waals surface area contributed by atoms with Crippen LogP contribution >= 0.6 is 27.3 Å². The number of carbonyl (C=O) groups excluding carboxylic acids is 1. The van der Waals surface area contributed by atoms with Gasteiger partial charge in [0.05, 0.1) is 11.4 Å². The molecule has 1 aliphatic rings. The molecule has 5 rings (SSSR count). The van der Waals surface area contributed by atoms with Crippen molar-refractivity contribution < 1.29 is 13.8 Å². The molecule has 0 saturated carbocycles. The molecular weight excluding hydrogens is 482 g/mol. The number of hydrogen-bond donors (Lipinski definition) is 0. The SMILES string of the molecule is O=C(c1cc(-c2ccc(Br)cc2)no1)N1CCN(Cc2nc(-c3cccs3)no2)CC1. The monoisotopic (exact) mass is 499 g/mol. The van der Waals surface area contributed by atoms with Gasteiger partial charge in [-0.2, -0.15) is 4.98 Å². The van der Waals surface area contributed by atoms with Gasteiger partial charge < -0.3 is 13.9 Å². The number of amides is 1. The minimum Gasteiger partial charge on any atom is -0.350 e. The van der Waals surface area contributed by atoms with Crippen molar-refractivity contribution in [2.45, 2.75) is 6.54 Å². The van der Waals surface area contributed by atoms with E-state index in [4.69, 9.17) is 9.05 Å². The van der Waals surface area contributed by atoms with E-state index in [1.165, 1.54) is 0 Å². The molecule has 4 heterocycles. The van der Waals surface area contributed by atoms with Crippen molar-refractivity contribution in [3.05, 3.63) is 64.0 Å². The Labute approximate surface area is 190 Å². The maximum Gasteiger partial charge on any atom is 0.292 e. The zero-order valence-corrected chi connectivity index (χ0v) is 18.8. The van der Waals surface area contributed by atoms with Gasteiger partial charge in [-0.3, -0.25) is 9.69 Å². The summed E-state index contributed by atoms with van der Waals surface area (Å²) >= 11 is 4.99. The Hall–Kier alpha value is -2.82. The molecule has 158 valence electrons. The second-order valence-corrected chi connectivity index (χ2v) is 9.00. The van der Waals surface area contributed by atoms with Crippen LogP contribution in [0.15, 0.2) is 61.4 Å². The van der Waals surface area contributed by atoms with Crippen LogP contribution in [-0.2, 0) is 6.54 Å². The predicted molar refractivity (Wildman–Crippen MR) is 118 cm³/mol. The van der Waals surface area contributed by atoms with Gasteiger partial charge in [0.2, 0.25) is 17.5 Å². The van der Waals surface area contributed by atoms with E-state index in [0.29, 0.717) is 37.0 Å². The van der Waals surface area contributed by atoms with Crippen molar-refractivity contribution in [1.82, 2.24) is 25.1 Å². The molecule has 4 aromatic rings. The van der Waals surface area contributed by atoms with E-state index < -0.39 is 0 Å². The molecule has 1 amide bonds. The molecular formula is C21H18BrN5O3S. The molecule has 1 saturated heterocycles. The normalized spacial score (nSPS) is 14.8. The summed E-state index contributed by atoms with van der Waals surface area (Å²) in [6.45, 7) is 3.20. The summed E-state index contributed by atoms with van der Waals surface area (Å²) in [4.78, 5) is 22.3. The van der Waals surface area contributed by atoms with E-state index in [0.717, 1.165) is 28.0 Å². The van der Waals surface area contributed by atoms with Gasteiger partial charge in [-0.15, -0.1) is 11.3 Å². The lowest BCUT2D eigenvalue weighted by Crippen LogP contribution is -2.48. The van der Waals surface area contributed by atoms with Crippen molar-refractivity contribution in [1.29, 1.82) is 0 Å². The molecule has 1 aliphatic heterocycles. The van der Waals surface area contributed by atoms with Gasteiger partial charge in [0, 0.05) is 42.3 Å². The van der Waals surface area contributed by atoms with Crippen molar-refractivity contribution >= 4 is 33.2 Å². The van der Waals surface area contributed by atoms with E-state index in [-0.39, 0.29) is 11.7 Å². The minimum absolute atomic E-state index is 0.145. The molecule has 1 fully saturated rings. The van der Waals surface area contributed by atoms with Gasteiger partial charge in [-0.1, -0.05) is 44.4 Å². The molecule has 1 aromatic carbocycles. The highest BCUT2D eigenvalue weighted by atomic mass is 79.9. The quantitative estimate of drug-likeness (QED) is 0.406. The second kappa shape index (κ2) is 8.74. The number of aromatic nitrogens is 3. The van der Waals surface area contributed by atoms with Crippen LogP contribution in [-0.4, -0.2) is 57.2 Å². The van der Waals surface area contributed by atoms with Crippen LogP contribution in [0.25, 0.3) is 22.0 Å². The highest BCUT2D eigenvalue weighted by Crippen LogP contribution is 2.23. The third kappa shape index (κ3) is 4.46. The Kier molecular flexibility index (Phi) is 5.66. The van der Waals surface area contributed by atoms with Gasteiger partial charge in [0.15, 0.2) is 0 Å². The van der Waals surface area contributed by atoms with Crippen LogP contribution in [0, 0.1) is 0 Å². The largest absolute Gasteiger partial charge is 0.350 e. The fourth-order valence-electron chi connectivity index (χ4n) is 3.41. The van der Waals surface area contributed by atoms with E-state index in [1.54, 1.807) is 22.3 Å². The second-order valence-electron chi connectivity index (χ2n) is 7.14. The summed E-state index contributed by atoms with van der Waals surface area (Å²) < 4.78 is 11.7. The number of benzene rings is 1. The molecule has 0 aliphatic carbocycles. The molecule has 0 unspecified atom stereocenters. The number of hydrogen-bond acceptors (Lipinski definition) is 8. The molecule has 10 heteroatoms. The first-order valence-electron chi connectivity index (χ1n) is 9.76. The fraction of sp³-hybridized carbons (Fsp3) is 0.238. The third-order valence-corrected chi connectivity index (χ3v) is 6.48. The van der Waals surface area contributed by atoms with Crippen molar-refractivity contribution in [2.24, 2.45) is 0 Å².